The summed E-state index contributed by atoms with van der Waals surface area (Å²) in [6.45, 7) is 5.78. The van der Waals surface area contributed by atoms with Crippen molar-refractivity contribution in [2.24, 2.45) is 5.92 Å². The van der Waals surface area contributed by atoms with Crippen LogP contribution in [0, 0.1) is 5.92 Å². The Labute approximate surface area is 139 Å². The fraction of sp³-hybridized carbons (Fsp3) is 0.846. The van der Waals surface area contributed by atoms with Crippen LogP contribution in [0.25, 0.3) is 0 Å². The Kier molecular flexibility index (Phi) is 19.3. The van der Waals surface area contributed by atoms with Crippen molar-refractivity contribution >= 4 is 60.6 Å². The molecular formula is C13H24I2O2S. The van der Waals surface area contributed by atoms with Crippen molar-refractivity contribution in [3.05, 3.63) is 0 Å². The van der Waals surface area contributed by atoms with Gasteiger partial charge in [-0.15, -0.1) is 0 Å². The molecule has 0 heterocycles. The summed E-state index contributed by atoms with van der Waals surface area (Å²) in [5.74, 6) is 2.51. The van der Waals surface area contributed by atoms with E-state index < -0.39 is 0 Å². The first-order valence-corrected chi connectivity index (χ1v) is 13.8. The van der Waals surface area contributed by atoms with Crippen LogP contribution in [0.15, 0.2) is 0 Å². The Morgan fingerprint density at radius 3 is 2.22 bits per heavy atom. The molecule has 0 aromatic heterocycles. The van der Waals surface area contributed by atoms with E-state index in [2.05, 4.69) is 51.1 Å². The number of carbonyl (C=O) groups excluding carboxylic acids is 2. The van der Waals surface area contributed by atoms with Crippen molar-refractivity contribution in [1.29, 1.82) is 0 Å². The van der Waals surface area contributed by atoms with Crippen LogP contribution >= 0.6 is 49.0 Å². The van der Waals surface area contributed by atoms with E-state index in [0.717, 1.165) is 31.4 Å². The van der Waals surface area contributed by atoms with Gasteiger partial charge in [-0.25, -0.2) is 0 Å². The van der Waals surface area contributed by atoms with E-state index in [9.17, 15) is 9.59 Å². The molecule has 0 aliphatic heterocycles. The summed E-state index contributed by atoms with van der Waals surface area (Å²) < 4.78 is 0. The summed E-state index contributed by atoms with van der Waals surface area (Å²) in [6, 6.07) is 0. The highest BCUT2D eigenvalue weighted by Gasteiger charge is 2.11. The zero-order valence-corrected chi connectivity index (χ0v) is 16.6. The number of halogens is 2. The van der Waals surface area contributed by atoms with Crippen molar-refractivity contribution in [3.63, 3.8) is 0 Å². The molecule has 2 nitrogen and oxygen atoms in total. The summed E-state index contributed by atoms with van der Waals surface area (Å²) in [7, 11) is 0. The van der Waals surface area contributed by atoms with Gasteiger partial charge in [0.05, 0.1) is 5.75 Å². The van der Waals surface area contributed by atoms with Gasteiger partial charge in [0.15, 0.2) is 0 Å². The quantitative estimate of drug-likeness (QED) is 0.305. The number of hydrogen-bond acceptors (Lipinski definition) is 3. The van der Waals surface area contributed by atoms with Gasteiger partial charge in [0.1, 0.15) is 11.6 Å². The summed E-state index contributed by atoms with van der Waals surface area (Å²) in [4.78, 5) is 22.5. The molecule has 0 N–H and O–H groups in total. The van der Waals surface area contributed by atoms with E-state index in [-0.39, 0.29) is 11.7 Å². The van der Waals surface area contributed by atoms with Gasteiger partial charge in [-0.05, 0) is 31.9 Å². The van der Waals surface area contributed by atoms with E-state index >= 15 is 0 Å². The summed E-state index contributed by atoms with van der Waals surface area (Å²) in [5, 5.41) is 0. The third kappa shape index (κ3) is 13.6. The van der Waals surface area contributed by atoms with Crippen LogP contribution in [0.5, 0.6) is 0 Å². The topological polar surface area (TPSA) is 34.1 Å². The SMILES string of the molecule is CCSCC(=O)CCCCC(CC)C(C)=O.II. The first kappa shape index (κ1) is 21.4. The maximum Gasteiger partial charge on any atom is 0.142 e. The number of Topliss-reactive ketones (excluding diaryl/α,β-unsaturated/α-hetero) is 2. The number of unbranched alkanes of at least 4 members (excludes halogenated alkanes) is 1. The second-order valence-electron chi connectivity index (χ2n) is 4.14. The predicted molar refractivity (Wildman–Crippen MR) is 99.0 cm³/mol. The second kappa shape index (κ2) is 16.2. The molecule has 0 rings (SSSR count). The van der Waals surface area contributed by atoms with Gasteiger partial charge in [-0.1, -0.05) is 20.3 Å². The van der Waals surface area contributed by atoms with Gasteiger partial charge in [0.25, 0.3) is 0 Å². The van der Waals surface area contributed by atoms with Crippen molar-refractivity contribution in [2.45, 2.75) is 52.9 Å². The van der Waals surface area contributed by atoms with Crippen molar-refractivity contribution in [3.8, 4) is 0 Å². The average Bonchev–Trinajstić information content (AvgIpc) is 2.38. The fourth-order valence-electron chi connectivity index (χ4n) is 1.70. The van der Waals surface area contributed by atoms with Crippen LogP contribution in [0.4, 0.5) is 0 Å². The number of hydrogen-bond donors (Lipinski definition) is 0. The molecule has 0 aliphatic carbocycles. The Balaban J connectivity index is 0. The van der Waals surface area contributed by atoms with Crippen molar-refractivity contribution < 1.29 is 9.59 Å². The summed E-state index contributed by atoms with van der Waals surface area (Å²) >= 11 is 5.93. The number of ketones is 2. The van der Waals surface area contributed by atoms with E-state index in [1.165, 1.54) is 0 Å². The number of carbonyl (C=O) groups is 2. The van der Waals surface area contributed by atoms with E-state index in [0.29, 0.717) is 18.0 Å². The normalized spacial score (nSPS) is 11.4. The molecule has 0 radical (unpaired) electrons. The largest absolute Gasteiger partial charge is 0.300 e. The van der Waals surface area contributed by atoms with Crippen LogP contribution in [0.3, 0.4) is 0 Å². The molecule has 0 saturated carbocycles. The van der Waals surface area contributed by atoms with Crippen molar-refractivity contribution in [2.75, 3.05) is 11.5 Å². The van der Waals surface area contributed by atoms with Crippen LogP contribution < -0.4 is 0 Å². The molecule has 5 heteroatoms. The lowest BCUT2D eigenvalue weighted by atomic mass is 9.95. The second-order valence-corrected chi connectivity index (χ2v) is 5.41. The van der Waals surface area contributed by atoms with E-state index in [1.54, 1.807) is 18.7 Å². The Bertz CT molecular complexity index is 223. The molecule has 108 valence electrons. The van der Waals surface area contributed by atoms with Gasteiger partial charge in [-0.3, -0.25) is 9.59 Å². The predicted octanol–water partition coefficient (Wildman–Crippen LogP) is 5.26. The monoisotopic (exact) mass is 498 g/mol. The zero-order chi connectivity index (χ0) is 14.4. The molecule has 0 fully saturated rings. The molecule has 0 amide bonds. The zero-order valence-electron chi connectivity index (χ0n) is 11.5. The fourth-order valence-corrected chi connectivity index (χ4v) is 2.27. The van der Waals surface area contributed by atoms with Gasteiger partial charge < -0.3 is 0 Å². The molecule has 0 spiro atoms. The molecule has 0 aliphatic rings. The van der Waals surface area contributed by atoms with Gasteiger partial charge in [0.2, 0.25) is 0 Å². The van der Waals surface area contributed by atoms with Crippen LogP contribution in [0.1, 0.15) is 52.9 Å². The minimum Gasteiger partial charge on any atom is -0.300 e. The highest BCUT2D eigenvalue weighted by atomic mass is 128. The Morgan fingerprint density at radius 1 is 1.17 bits per heavy atom. The number of thioether (sulfide) groups is 1. The molecule has 1 unspecified atom stereocenters. The minimum absolute atomic E-state index is 0.208. The smallest absolute Gasteiger partial charge is 0.142 e. The summed E-state index contributed by atoms with van der Waals surface area (Å²) in [6.07, 6.45) is 4.49. The van der Waals surface area contributed by atoms with E-state index in [1.807, 2.05) is 0 Å². The maximum atomic E-state index is 11.4. The molecular weight excluding hydrogens is 474 g/mol. The standard InChI is InChI=1S/C13H24O2S.I2/c1-4-12(11(3)14)8-6-7-9-13(15)10-16-5-2;1-2/h12H,4-10H2,1-3H3;. The van der Waals surface area contributed by atoms with E-state index in [4.69, 9.17) is 0 Å². The lowest BCUT2D eigenvalue weighted by Crippen LogP contribution is -2.09. The first-order chi connectivity index (χ1) is 8.61. The van der Waals surface area contributed by atoms with Crippen molar-refractivity contribution in [1.82, 2.24) is 0 Å². The molecule has 0 aromatic rings. The molecule has 18 heavy (non-hydrogen) atoms. The van der Waals surface area contributed by atoms with Gasteiger partial charge in [-0.2, -0.15) is 11.8 Å². The molecule has 1 atom stereocenters. The van der Waals surface area contributed by atoms with Crippen LogP contribution in [-0.4, -0.2) is 23.1 Å². The summed E-state index contributed by atoms with van der Waals surface area (Å²) in [5.41, 5.74) is 0. The van der Waals surface area contributed by atoms with Crippen LogP contribution in [0.2, 0.25) is 0 Å². The Morgan fingerprint density at radius 2 is 1.78 bits per heavy atom. The lowest BCUT2D eigenvalue weighted by molar-refractivity contribution is -0.121. The van der Waals surface area contributed by atoms with Crippen LogP contribution in [-0.2, 0) is 9.59 Å². The number of rotatable bonds is 10. The highest BCUT2D eigenvalue weighted by Crippen LogP contribution is 2.15. The molecule has 0 bridgehead atoms. The third-order valence-electron chi connectivity index (χ3n) is 2.79. The third-order valence-corrected chi connectivity index (χ3v) is 3.73. The molecule has 0 aromatic carbocycles. The maximum absolute atomic E-state index is 11.4. The first-order valence-electron chi connectivity index (χ1n) is 6.35. The minimum atomic E-state index is 0.208. The highest BCUT2D eigenvalue weighted by molar-refractivity contribution is 15.0. The molecule has 0 saturated heterocycles. The Hall–Kier alpha value is 1.15. The van der Waals surface area contributed by atoms with Gasteiger partial charge in [0, 0.05) is 49.6 Å². The lowest BCUT2D eigenvalue weighted by Gasteiger charge is -2.10. The van der Waals surface area contributed by atoms with Gasteiger partial charge >= 0.3 is 0 Å². The average molecular weight is 498 g/mol.